The number of anilines is 1. The Morgan fingerprint density at radius 1 is 1.19 bits per heavy atom. The molecular formula is C17H25NO3. The highest BCUT2D eigenvalue weighted by Gasteiger charge is 2.36. The third kappa shape index (κ3) is 4.46. The van der Waals surface area contributed by atoms with Gasteiger partial charge in [0.25, 0.3) is 0 Å². The van der Waals surface area contributed by atoms with Gasteiger partial charge in [-0.05, 0) is 44.0 Å². The van der Waals surface area contributed by atoms with Crippen molar-refractivity contribution in [2.75, 3.05) is 25.1 Å². The van der Waals surface area contributed by atoms with Crippen LogP contribution in [0.25, 0.3) is 0 Å². The second-order valence-corrected chi connectivity index (χ2v) is 5.79. The maximum absolute atomic E-state index is 12.3. The first-order valence-corrected chi connectivity index (χ1v) is 7.76. The monoisotopic (exact) mass is 291 g/mol. The van der Waals surface area contributed by atoms with Crippen molar-refractivity contribution >= 4 is 11.6 Å². The van der Waals surface area contributed by atoms with Crippen molar-refractivity contribution in [2.24, 2.45) is 5.41 Å². The molecule has 1 aliphatic rings. The van der Waals surface area contributed by atoms with Gasteiger partial charge in [0.2, 0.25) is 5.91 Å². The number of ether oxygens (including phenoxy) is 2. The van der Waals surface area contributed by atoms with Crippen LogP contribution in [0.3, 0.4) is 0 Å². The molecule has 1 fully saturated rings. The Morgan fingerprint density at radius 3 is 2.48 bits per heavy atom. The topological polar surface area (TPSA) is 47.6 Å². The molecule has 0 unspecified atom stereocenters. The van der Waals surface area contributed by atoms with Gasteiger partial charge >= 0.3 is 0 Å². The molecule has 1 aromatic rings. The second kappa shape index (κ2) is 7.46. The van der Waals surface area contributed by atoms with Crippen molar-refractivity contribution in [2.45, 2.75) is 39.5 Å². The van der Waals surface area contributed by atoms with Gasteiger partial charge in [-0.3, -0.25) is 4.79 Å². The van der Waals surface area contributed by atoms with Crippen molar-refractivity contribution in [3.63, 3.8) is 0 Å². The van der Waals surface area contributed by atoms with E-state index in [9.17, 15) is 4.79 Å². The minimum atomic E-state index is -0.202. The van der Waals surface area contributed by atoms with Crippen molar-refractivity contribution in [3.8, 4) is 5.75 Å². The van der Waals surface area contributed by atoms with Crippen molar-refractivity contribution in [1.82, 2.24) is 0 Å². The molecule has 1 aliphatic carbocycles. The smallest absolute Gasteiger partial charge is 0.230 e. The fourth-order valence-electron chi connectivity index (χ4n) is 2.66. The molecule has 21 heavy (non-hydrogen) atoms. The van der Waals surface area contributed by atoms with E-state index in [0.29, 0.717) is 19.8 Å². The first kappa shape index (κ1) is 15.8. The summed E-state index contributed by atoms with van der Waals surface area (Å²) in [6.45, 7) is 5.85. The number of nitrogens with one attached hydrogen (secondary N) is 1. The Hall–Kier alpha value is -1.55. The van der Waals surface area contributed by atoms with Gasteiger partial charge in [0.05, 0.1) is 6.61 Å². The molecule has 0 bridgehead atoms. The summed E-state index contributed by atoms with van der Waals surface area (Å²) in [6, 6.07) is 7.51. The predicted molar refractivity (Wildman–Crippen MR) is 83.6 cm³/mol. The van der Waals surface area contributed by atoms with Crippen LogP contribution in [0.1, 0.15) is 39.5 Å². The molecule has 2 rings (SSSR count). The molecule has 4 heteroatoms. The van der Waals surface area contributed by atoms with Gasteiger partial charge in [-0.25, -0.2) is 0 Å². The Labute approximate surface area is 126 Å². The average molecular weight is 291 g/mol. The zero-order chi connectivity index (χ0) is 15.1. The van der Waals surface area contributed by atoms with Crippen LogP contribution in [-0.4, -0.2) is 25.7 Å². The van der Waals surface area contributed by atoms with Gasteiger partial charge in [-0.2, -0.15) is 0 Å². The maximum Gasteiger partial charge on any atom is 0.230 e. The zero-order valence-electron chi connectivity index (χ0n) is 13.0. The lowest BCUT2D eigenvalue weighted by atomic mass is 9.88. The molecule has 0 aliphatic heterocycles. The highest BCUT2D eigenvalue weighted by atomic mass is 16.5. The van der Waals surface area contributed by atoms with E-state index in [1.807, 2.05) is 31.2 Å². The standard InChI is InChI=1S/C17H25NO3/c1-3-20-12-13-21-15-8-6-14(7-9-15)18-16(19)17(2)10-4-5-11-17/h6-9H,3-5,10-13H2,1-2H3,(H,18,19). The molecule has 116 valence electrons. The number of rotatable bonds is 7. The Kier molecular flexibility index (Phi) is 5.62. The molecule has 1 aromatic carbocycles. The fraction of sp³-hybridized carbons (Fsp3) is 0.588. The van der Waals surface area contributed by atoms with Gasteiger partial charge < -0.3 is 14.8 Å². The lowest BCUT2D eigenvalue weighted by Gasteiger charge is -2.22. The quantitative estimate of drug-likeness (QED) is 0.780. The van der Waals surface area contributed by atoms with E-state index in [4.69, 9.17) is 9.47 Å². The van der Waals surface area contributed by atoms with E-state index >= 15 is 0 Å². The van der Waals surface area contributed by atoms with E-state index in [1.54, 1.807) is 0 Å². The fourth-order valence-corrected chi connectivity index (χ4v) is 2.66. The molecule has 0 atom stereocenters. The second-order valence-electron chi connectivity index (χ2n) is 5.79. The summed E-state index contributed by atoms with van der Waals surface area (Å²) in [6.07, 6.45) is 4.27. The SMILES string of the molecule is CCOCCOc1ccc(NC(=O)C2(C)CCCC2)cc1. The summed E-state index contributed by atoms with van der Waals surface area (Å²) < 4.78 is 10.8. The number of hydrogen-bond acceptors (Lipinski definition) is 3. The Balaban J connectivity index is 1.83. The number of carbonyl (C=O) groups is 1. The third-order valence-corrected chi connectivity index (χ3v) is 4.07. The van der Waals surface area contributed by atoms with Gasteiger partial charge in [-0.15, -0.1) is 0 Å². The molecule has 0 heterocycles. The lowest BCUT2D eigenvalue weighted by Crippen LogP contribution is -2.30. The molecule has 0 spiro atoms. The van der Waals surface area contributed by atoms with E-state index in [2.05, 4.69) is 12.2 Å². The predicted octanol–water partition coefficient (Wildman–Crippen LogP) is 3.62. The van der Waals surface area contributed by atoms with Crippen LogP contribution < -0.4 is 10.1 Å². The lowest BCUT2D eigenvalue weighted by molar-refractivity contribution is -0.124. The summed E-state index contributed by atoms with van der Waals surface area (Å²) in [5, 5.41) is 3.01. The zero-order valence-corrected chi connectivity index (χ0v) is 13.0. The van der Waals surface area contributed by atoms with E-state index in [1.165, 1.54) is 0 Å². The van der Waals surface area contributed by atoms with Crippen LogP contribution in [0.4, 0.5) is 5.69 Å². The first-order valence-electron chi connectivity index (χ1n) is 7.76. The van der Waals surface area contributed by atoms with Gasteiger partial charge in [0.1, 0.15) is 12.4 Å². The number of benzene rings is 1. The van der Waals surface area contributed by atoms with Crippen LogP contribution >= 0.6 is 0 Å². The first-order chi connectivity index (χ1) is 10.1. The normalized spacial score (nSPS) is 16.7. The summed E-state index contributed by atoms with van der Waals surface area (Å²) in [4.78, 5) is 12.3. The van der Waals surface area contributed by atoms with Gasteiger partial charge in [0, 0.05) is 17.7 Å². The Bertz CT molecular complexity index is 450. The molecular weight excluding hydrogens is 266 g/mol. The molecule has 0 aromatic heterocycles. The molecule has 1 saturated carbocycles. The molecule has 0 saturated heterocycles. The van der Waals surface area contributed by atoms with Gasteiger partial charge in [-0.1, -0.05) is 19.8 Å². The number of carbonyl (C=O) groups excluding carboxylic acids is 1. The maximum atomic E-state index is 12.3. The largest absolute Gasteiger partial charge is 0.491 e. The van der Waals surface area contributed by atoms with Crippen LogP contribution in [0.5, 0.6) is 5.75 Å². The minimum Gasteiger partial charge on any atom is -0.491 e. The van der Waals surface area contributed by atoms with Crippen molar-refractivity contribution in [1.29, 1.82) is 0 Å². The van der Waals surface area contributed by atoms with E-state index in [0.717, 1.165) is 37.1 Å². The van der Waals surface area contributed by atoms with Crippen LogP contribution in [0.2, 0.25) is 0 Å². The minimum absolute atomic E-state index is 0.130. The summed E-state index contributed by atoms with van der Waals surface area (Å²) in [7, 11) is 0. The molecule has 1 amide bonds. The van der Waals surface area contributed by atoms with Crippen molar-refractivity contribution < 1.29 is 14.3 Å². The molecule has 1 N–H and O–H groups in total. The number of hydrogen-bond donors (Lipinski definition) is 1. The Morgan fingerprint density at radius 2 is 1.86 bits per heavy atom. The molecule has 4 nitrogen and oxygen atoms in total. The summed E-state index contributed by atoms with van der Waals surface area (Å²) in [5.74, 6) is 0.921. The number of amides is 1. The third-order valence-electron chi connectivity index (χ3n) is 4.07. The molecule has 0 radical (unpaired) electrons. The summed E-state index contributed by atoms with van der Waals surface area (Å²) >= 11 is 0. The highest BCUT2D eigenvalue weighted by Crippen LogP contribution is 2.38. The average Bonchev–Trinajstić information content (AvgIpc) is 2.93. The van der Waals surface area contributed by atoms with Crippen molar-refractivity contribution in [3.05, 3.63) is 24.3 Å². The summed E-state index contributed by atoms with van der Waals surface area (Å²) in [5.41, 5.74) is 0.623. The van der Waals surface area contributed by atoms with Crippen LogP contribution in [-0.2, 0) is 9.53 Å². The van der Waals surface area contributed by atoms with Crippen LogP contribution in [0.15, 0.2) is 24.3 Å². The van der Waals surface area contributed by atoms with Crippen LogP contribution in [0, 0.1) is 5.41 Å². The highest BCUT2D eigenvalue weighted by molar-refractivity contribution is 5.95. The van der Waals surface area contributed by atoms with Gasteiger partial charge in [0.15, 0.2) is 0 Å². The van der Waals surface area contributed by atoms with E-state index < -0.39 is 0 Å². The van der Waals surface area contributed by atoms with E-state index in [-0.39, 0.29) is 11.3 Å².